The SMILES string of the molecule is Cc1ccc2c(c1)B1c3cc(C)ccc3N(c3ccc(-c4ccccc4)cc3)c3cc(-c4ccc(C(C)(C)C)cc4)cc(c31)N2c1ccc(-c2ccccc2)cc1. The standard InChI is InChI=1S/C54H45BN2/c1-36-16-30-49-47(32-36)55-48-33-37(2)17-31-50(48)57(46-28-22-41(23-29-46)39-14-10-7-11-15-39)52-35-43(42-18-24-44(25-19-42)54(3,4)5)34-51(53(52)55)56(49)45-26-20-40(21-27-45)38-12-8-6-9-13-38/h6-35H,1-5H3. The van der Waals surface area contributed by atoms with Crippen molar-refractivity contribution in [3.05, 3.63) is 199 Å². The minimum absolute atomic E-state index is 0.0665. The van der Waals surface area contributed by atoms with Gasteiger partial charge >= 0.3 is 0 Å². The van der Waals surface area contributed by atoms with Crippen molar-refractivity contribution in [2.75, 3.05) is 9.80 Å². The van der Waals surface area contributed by atoms with Crippen LogP contribution in [0.4, 0.5) is 34.1 Å². The first-order valence-corrected chi connectivity index (χ1v) is 20.1. The fourth-order valence-corrected chi connectivity index (χ4v) is 9.00. The molecular formula is C54H45BN2. The molecule has 2 nitrogen and oxygen atoms in total. The fraction of sp³-hybridized carbons (Fsp3) is 0.111. The van der Waals surface area contributed by atoms with Crippen LogP contribution in [0.5, 0.6) is 0 Å². The van der Waals surface area contributed by atoms with E-state index in [1.54, 1.807) is 0 Å². The first-order chi connectivity index (χ1) is 27.7. The second-order valence-corrected chi connectivity index (χ2v) is 16.8. The highest BCUT2D eigenvalue weighted by Gasteiger charge is 2.43. The summed E-state index contributed by atoms with van der Waals surface area (Å²) in [5, 5.41) is 0. The number of rotatable bonds is 5. The number of aryl methyl sites for hydroxylation is 2. The van der Waals surface area contributed by atoms with Gasteiger partial charge in [0.1, 0.15) is 0 Å². The van der Waals surface area contributed by atoms with Crippen LogP contribution in [-0.2, 0) is 5.41 Å². The molecule has 8 aromatic rings. The van der Waals surface area contributed by atoms with Crippen molar-refractivity contribution in [3.63, 3.8) is 0 Å². The number of hydrogen-bond donors (Lipinski definition) is 0. The highest BCUT2D eigenvalue weighted by Crippen LogP contribution is 2.46. The Morgan fingerprint density at radius 3 is 1.18 bits per heavy atom. The van der Waals surface area contributed by atoms with Crippen LogP contribution in [0.1, 0.15) is 37.5 Å². The van der Waals surface area contributed by atoms with Crippen molar-refractivity contribution in [1.29, 1.82) is 0 Å². The van der Waals surface area contributed by atoms with E-state index in [1.165, 1.54) is 89.2 Å². The van der Waals surface area contributed by atoms with Gasteiger partial charge < -0.3 is 9.80 Å². The van der Waals surface area contributed by atoms with E-state index < -0.39 is 0 Å². The summed E-state index contributed by atoms with van der Waals surface area (Å²) in [5.74, 6) is 0. The van der Waals surface area contributed by atoms with E-state index >= 15 is 0 Å². The summed E-state index contributed by atoms with van der Waals surface area (Å²) in [4.78, 5) is 5.03. The Balaban J connectivity index is 1.24. The monoisotopic (exact) mass is 732 g/mol. The first-order valence-electron chi connectivity index (χ1n) is 20.1. The number of fused-ring (bicyclic) bond motifs is 4. The molecule has 0 fully saturated rings. The van der Waals surface area contributed by atoms with Crippen LogP contribution >= 0.6 is 0 Å². The quantitative estimate of drug-likeness (QED) is 0.163. The third-order valence-corrected chi connectivity index (χ3v) is 11.9. The molecule has 0 unspecified atom stereocenters. The summed E-state index contributed by atoms with van der Waals surface area (Å²) in [6.07, 6.45) is 0. The lowest BCUT2D eigenvalue weighted by atomic mass is 9.33. The number of hydrogen-bond acceptors (Lipinski definition) is 2. The lowest BCUT2D eigenvalue weighted by Gasteiger charge is -2.44. The molecule has 2 heterocycles. The van der Waals surface area contributed by atoms with Gasteiger partial charge in [0.2, 0.25) is 0 Å². The molecule has 0 saturated heterocycles. The van der Waals surface area contributed by atoms with Gasteiger partial charge in [-0.2, -0.15) is 0 Å². The molecule has 0 saturated carbocycles. The van der Waals surface area contributed by atoms with E-state index in [1.807, 2.05) is 0 Å². The number of benzene rings is 8. The van der Waals surface area contributed by atoms with Gasteiger partial charge in [0.05, 0.1) is 0 Å². The highest BCUT2D eigenvalue weighted by atomic mass is 15.2. The molecule has 0 amide bonds. The zero-order valence-corrected chi connectivity index (χ0v) is 33.3. The Morgan fingerprint density at radius 1 is 0.368 bits per heavy atom. The predicted molar refractivity (Wildman–Crippen MR) is 245 cm³/mol. The molecule has 3 heteroatoms. The predicted octanol–water partition coefficient (Wildman–Crippen LogP) is 12.7. The molecular weight excluding hydrogens is 687 g/mol. The van der Waals surface area contributed by atoms with Gasteiger partial charge in [-0.3, -0.25) is 0 Å². The van der Waals surface area contributed by atoms with Crippen LogP contribution in [0.2, 0.25) is 0 Å². The lowest BCUT2D eigenvalue weighted by molar-refractivity contribution is 0.590. The third kappa shape index (κ3) is 6.06. The Morgan fingerprint density at radius 2 is 0.754 bits per heavy atom. The molecule has 0 spiro atoms. The third-order valence-electron chi connectivity index (χ3n) is 11.9. The van der Waals surface area contributed by atoms with Gasteiger partial charge in [0.25, 0.3) is 6.71 Å². The summed E-state index contributed by atoms with van der Waals surface area (Å²) in [7, 11) is 0. The minimum atomic E-state index is 0.0665. The summed E-state index contributed by atoms with van der Waals surface area (Å²) >= 11 is 0. The van der Waals surface area contributed by atoms with Gasteiger partial charge in [-0.25, -0.2) is 0 Å². The minimum Gasteiger partial charge on any atom is -0.311 e. The van der Waals surface area contributed by atoms with E-state index in [-0.39, 0.29) is 12.1 Å². The van der Waals surface area contributed by atoms with Gasteiger partial charge in [-0.15, -0.1) is 0 Å². The molecule has 274 valence electrons. The number of anilines is 6. The van der Waals surface area contributed by atoms with E-state index in [4.69, 9.17) is 0 Å². The maximum Gasteiger partial charge on any atom is 0.252 e. The van der Waals surface area contributed by atoms with Crippen LogP contribution in [-0.4, -0.2) is 6.71 Å². The van der Waals surface area contributed by atoms with Crippen molar-refractivity contribution in [2.24, 2.45) is 0 Å². The highest BCUT2D eigenvalue weighted by molar-refractivity contribution is 7.00. The van der Waals surface area contributed by atoms with Crippen molar-refractivity contribution in [2.45, 2.75) is 40.0 Å². The van der Waals surface area contributed by atoms with Crippen molar-refractivity contribution >= 4 is 57.2 Å². The second kappa shape index (κ2) is 13.6. The van der Waals surface area contributed by atoms with Crippen molar-refractivity contribution in [1.82, 2.24) is 0 Å². The molecule has 10 rings (SSSR count). The zero-order valence-electron chi connectivity index (χ0n) is 33.3. The lowest BCUT2D eigenvalue weighted by Crippen LogP contribution is -2.61. The maximum absolute atomic E-state index is 2.52. The van der Waals surface area contributed by atoms with Crippen molar-refractivity contribution < 1.29 is 0 Å². The molecule has 0 aromatic heterocycles. The average molecular weight is 733 g/mol. The molecule has 0 radical (unpaired) electrons. The molecule has 0 bridgehead atoms. The molecule has 2 aliphatic rings. The van der Waals surface area contributed by atoms with Gasteiger partial charge in [0, 0.05) is 34.1 Å². The van der Waals surface area contributed by atoms with E-state index in [9.17, 15) is 0 Å². The molecule has 8 aromatic carbocycles. The smallest absolute Gasteiger partial charge is 0.252 e. The average Bonchev–Trinajstić information content (AvgIpc) is 3.24. The fourth-order valence-electron chi connectivity index (χ4n) is 9.00. The van der Waals surface area contributed by atoms with Crippen LogP contribution in [0.3, 0.4) is 0 Å². The molecule has 0 aliphatic carbocycles. The first kappa shape index (κ1) is 34.9. The normalized spacial score (nSPS) is 12.9. The largest absolute Gasteiger partial charge is 0.311 e. The van der Waals surface area contributed by atoms with E-state index in [0.29, 0.717) is 0 Å². The van der Waals surface area contributed by atoms with Crippen LogP contribution in [0.25, 0.3) is 33.4 Å². The Kier molecular flexibility index (Phi) is 8.30. The van der Waals surface area contributed by atoms with Gasteiger partial charge in [-0.1, -0.05) is 165 Å². The van der Waals surface area contributed by atoms with E-state index in [2.05, 4.69) is 226 Å². The topological polar surface area (TPSA) is 6.48 Å². The number of nitrogens with zero attached hydrogens (tertiary/aromatic N) is 2. The molecule has 2 aliphatic heterocycles. The molecule has 0 N–H and O–H groups in total. The van der Waals surface area contributed by atoms with Gasteiger partial charge in [-0.05, 0) is 123 Å². The summed E-state index contributed by atoms with van der Waals surface area (Å²) in [6, 6.07) is 67.8. The van der Waals surface area contributed by atoms with Gasteiger partial charge in [0.15, 0.2) is 0 Å². The van der Waals surface area contributed by atoms with Crippen molar-refractivity contribution in [3.8, 4) is 33.4 Å². The Hall–Kier alpha value is -6.58. The summed E-state index contributed by atoms with van der Waals surface area (Å²) < 4.78 is 0. The Labute approximate surface area is 337 Å². The maximum atomic E-state index is 2.52. The van der Waals surface area contributed by atoms with Crippen LogP contribution in [0.15, 0.2) is 182 Å². The molecule has 0 atom stereocenters. The summed E-state index contributed by atoms with van der Waals surface area (Å²) in [6.45, 7) is 11.4. The molecule has 57 heavy (non-hydrogen) atoms. The van der Waals surface area contributed by atoms with Crippen LogP contribution < -0.4 is 26.2 Å². The second-order valence-electron chi connectivity index (χ2n) is 16.8. The van der Waals surface area contributed by atoms with Crippen LogP contribution in [0, 0.1) is 13.8 Å². The Bertz CT molecular complexity index is 2600. The van der Waals surface area contributed by atoms with E-state index in [0.717, 1.165) is 11.4 Å². The summed E-state index contributed by atoms with van der Waals surface area (Å²) in [5.41, 5.74) is 22.4. The zero-order chi connectivity index (χ0) is 38.8.